The van der Waals surface area contributed by atoms with Crippen molar-refractivity contribution in [1.82, 2.24) is 9.80 Å². The second kappa shape index (κ2) is 6.18. The van der Waals surface area contributed by atoms with Crippen LogP contribution in [-0.4, -0.2) is 46.5 Å². The number of likely N-dealkylation sites (tertiary alicyclic amines) is 1. The van der Waals surface area contributed by atoms with Crippen molar-refractivity contribution >= 4 is 11.8 Å². The van der Waals surface area contributed by atoms with Gasteiger partial charge in [-0.15, -0.1) is 0 Å². The molecule has 6 heteroatoms. The number of nitriles is 1. The van der Waals surface area contributed by atoms with Gasteiger partial charge in [0.05, 0.1) is 30.6 Å². The SMILES string of the molecule is N#Cc1ccc(C(=O)N2CC[C@@]34O[C@@H](c5ccccc5)CN3C(=O)C[C@@H]24)cc1. The summed E-state index contributed by atoms with van der Waals surface area (Å²) in [6, 6.07) is 18.3. The summed E-state index contributed by atoms with van der Waals surface area (Å²) in [5, 5.41) is 8.95. The Morgan fingerprint density at radius 3 is 2.61 bits per heavy atom. The molecule has 3 saturated heterocycles. The maximum absolute atomic E-state index is 13.1. The van der Waals surface area contributed by atoms with Crippen molar-refractivity contribution in [3.63, 3.8) is 0 Å². The summed E-state index contributed by atoms with van der Waals surface area (Å²) >= 11 is 0. The smallest absolute Gasteiger partial charge is 0.254 e. The van der Waals surface area contributed by atoms with Gasteiger partial charge in [-0.2, -0.15) is 5.26 Å². The molecule has 0 N–H and O–H groups in total. The first kappa shape index (κ1) is 17.0. The van der Waals surface area contributed by atoms with E-state index in [1.807, 2.05) is 35.2 Å². The topological polar surface area (TPSA) is 73.6 Å². The predicted octanol–water partition coefficient (Wildman–Crippen LogP) is 2.47. The summed E-state index contributed by atoms with van der Waals surface area (Å²) < 4.78 is 6.47. The first-order valence-electron chi connectivity index (χ1n) is 9.47. The molecule has 2 aromatic carbocycles. The fourth-order valence-electron chi connectivity index (χ4n) is 4.76. The van der Waals surface area contributed by atoms with Gasteiger partial charge in [0.15, 0.2) is 5.72 Å². The Morgan fingerprint density at radius 1 is 1.14 bits per heavy atom. The first-order chi connectivity index (χ1) is 13.6. The molecule has 6 nitrogen and oxygen atoms in total. The van der Waals surface area contributed by atoms with Crippen LogP contribution in [-0.2, 0) is 9.53 Å². The van der Waals surface area contributed by atoms with Crippen LogP contribution in [0.25, 0.3) is 0 Å². The van der Waals surface area contributed by atoms with Gasteiger partial charge in [0.1, 0.15) is 6.10 Å². The minimum absolute atomic E-state index is 0.0424. The zero-order chi connectivity index (χ0) is 19.3. The van der Waals surface area contributed by atoms with Crippen molar-refractivity contribution < 1.29 is 14.3 Å². The van der Waals surface area contributed by atoms with E-state index in [9.17, 15) is 9.59 Å². The number of nitrogens with zero attached hydrogens (tertiary/aromatic N) is 3. The normalized spacial score (nSPS) is 28.2. The lowest BCUT2D eigenvalue weighted by atomic mass is 10.1. The highest BCUT2D eigenvalue weighted by molar-refractivity contribution is 5.96. The van der Waals surface area contributed by atoms with Crippen molar-refractivity contribution in [2.45, 2.75) is 30.7 Å². The van der Waals surface area contributed by atoms with Crippen LogP contribution in [0.3, 0.4) is 0 Å². The summed E-state index contributed by atoms with van der Waals surface area (Å²) in [7, 11) is 0. The van der Waals surface area contributed by atoms with Gasteiger partial charge in [-0.05, 0) is 29.8 Å². The Kier molecular flexibility index (Phi) is 3.74. The van der Waals surface area contributed by atoms with Gasteiger partial charge in [-0.3, -0.25) is 9.59 Å². The molecule has 5 rings (SSSR count). The van der Waals surface area contributed by atoms with Crippen LogP contribution in [0.5, 0.6) is 0 Å². The maximum atomic E-state index is 13.1. The van der Waals surface area contributed by atoms with E-state index < -0.39 is 5.72 Å². The second-order valence-corrected chi connectivity index (χ2v) is 7.52. The lowest BCUT2D eigenvalue weighted by Crippen LogP contribution is -2.48. The van der Waals surface area contributed by atoms with Gasteiger partial charge in [0, 0.05) is 18.5 Å². The quantitative estimate of drug-likeness (QED) is 0.811. The van der Waals surface area contributed by atoms with Gasteiger partial charge in [-0.1, -0.05) is 30.3 Å². The van der Waals surface area contributed by atoms with E-state index in [0.717, 1.165) is 5.56 Å². The monoisotopic (exact) mass is 373 g/mol. The van der Waals surface area contributed by atoms with Crippen LogP contribution in [0.2, 0.25) is 0 Å². The van der Waals surface area contributed by atoms with Crippen molar-refractivity contribution in [2.24, 2.45) is 0 Å². The molecule has 0 unspecified atom stereocenters. The van der Waals surface area contributed by atoms with Gasteiger partial charge in [0.25, 0.3) is 5.91 Å². The number of carbonyl (C=O) groups is 2. The Labute approximate surface area is 162 Å². The Morgan fingerprint density at radius 2 is 1.89 bits per heavy atom. The molecule has 1 spiro atoms. The van der Waals surface area contributed by atoms with E-state index in [2.05, 4.69) is 6.07 Å². The predicted molar refractivity (Wildman–Crippen MR) is 99.9 cm³/mol. The highest BCUT2D eigenvalue weighted by atomic mass is 16.5. The molecule has 2 aromatic rings. The lowest BCUT2D eigenvalue weighted by molar-refractivity contribution is -0.138. The van der Waals surface area contributed by atoms with Crippen molar-refractivity contribution in [2.75, 3.05) is 13.1 Å². The highest BCUT2D eigenvalue weighted by Gasteiger charge is 2.64. The Balaban J connectivity index is 1.43. The van der Waals surface area contributed by atoms with Crippen LogP contribution < -0.4 is 0 Å². The molecule has 28 heavy (non-hydrogen) atoms. The third kappa shape index (κ3) is 2.36. The second-order valence-electron chi connectivity index (χ2n) is 7.52. The number of amides is 2. The number of benzene rings is 2. The number of ether oxygens (including phenoxy) is 1. The van der Waals surface area contributed by atoms with Gasteiger partial charge in [0.2, 0.25) is 5.91 Å². The number of carbonyl (C=O) groups excluding carboxylic acids is 2. The van der Waals surface area contributed by atoms with Gasteiger partial charge < -0.3 is 14.5 Å². The summed E-state index contributed by atoms with van der Waals surface area (Å²) in [4.78, 5) is 29.4. The third-order valence-corrected chi connectivity index (χ3v) is 6.12. The molecule has 0 radical (unpaired) electrons. The van der Waals surface area contributed by atoms with E-state index in [0.29, 0.717) is 37.1 Å². The average molecular weight is 373 g/mol. The molecule has 0 aliphatic carbocycles. The minimum Gasteiger partial charge on any atom is -0.343 e. The molecule has 3 fully saturated rings. The van der Waals surface area contributed by atoms with Crippen LogP contribution in [0.1, 0.15) is 40.4 Å². The number of rotatable bonds is 2. The largest absolute Gasteiger partial charge is 0.343 e. The van der Waals surface area contributed by atoms with Crippen LogP contribution in [0.15, 0.2) is 54.6 Å². The standard InChI is InChI=1S/C22H19N3O3/c23-13-15-6-8-17(9-7-15)21(27)24-11-10-22-19(24)12-20(26)25(22)14-18(28-22)16-4-2-1-3-5-16/h1-9,18-19H,10-12,14H2/t18-,19-,22+/m1/s1. The third-order valence-electron chi connectivity index (χ3n) is 6.12. The molecule has 3 heterocycles. The minimum atomic E-state index is -0.722. The molecule has 3 atom stereocenters. The Hall–Kier alpha value is -3.17. The molecule has 0 aromatic heterocycles. The zero-order valence-electron chi connectivity index (χ0n) is 15.2. The highest BCUT2D eigenvalue weighted by Crippen LogP contribution is 2.50. The molecule has 0 saturated carbocycles. The maximum Gasteiger partial charge on any atom is 0.254 e. The Bertz CT molecular complexity index is 982. The van der Waals surface area contributed by atoms with Crippen LogP contribution >= 0.6 is 0 Å². The van der Waals surface area contributed by atoms with E-state index in [-0.39, 0.29) is 24.0 Å². The van der Waals surface area contributed by atoms with Crippen LogP contribution in [0, 0.1) is 11.3 Å². The van der Waals surface area contributed by atoms with Crippen molar-refractivity contribution in [3.05, 3.63) is 71.3 Å². The first-order valence-corrected chi connectivity index (χ1v) is 9.47. The number of hydrogen-bond acceptors (Lipinski definition) is 4. The fraction of sp³-hybridized carbons (Fsp3) is 0.318. The van der Waals surface area contributed by atoms with E-state index in [4.69, 9.17) is 10.00 Å². The molecular formula is C22H19N3O3. The summed E-state index contributed by atoms with van der Waals surface area (Å²) in [5.41, 5.74) is 1.37. The van der Waals surface area contributed by atoms with Crippen LogP contribution in [0.4, 0.5) is 0 Å². The van der Waals surface area contributed by atoms with Gasteiger partial charge >= 0.3 is 0 Å². The zero-order valence-corrected chi connectivity index (χ0v) is 15.2. The van der Waals surface area contributed by atoms with Crippen molar-refractivity contribution in [3.8, 4) is 6.07 Å². The average Bonchev–Trinajstić information content (AvgIpc) is 3.37. The molecule has 140 valence electrons. The van der Waals surface area contributed by atoms with Crippen molar-refractivity contribution in [1.29, 1.82) is 5.26 Å². The lowest BCUT2D eigenvalue weighted by Gasteiger charge is -2.32. The van der Waals surface area contributed by atoms with E-state index in [1.54, 1.807) is 29.2 Å². The van der Waals surface area contributed by atoms with E-state index in [1.165, 1.54) is 0 Å². The summed E-state index contributed by atoms with van der Waals surface area (Å²) in [6.45, 7) is 1.08. The molecule has 3 aliphatic heterocycles. The molecular weight excluding hydrogens is 354 g/mol. The summed E-state index contributed by atoms with van der Waals surface area (Å²) in [5.74, 6) is -0.0754. The molecule has 2 amide bonds. The van der Waals surface area contributed by atoms with Gasteiger partial charge in [-0.25, -0.2) is 0 Å². The molecule has 3 aliphatic rings. The fourth-order valence-corrected chi connectivity index (χ4v) is 4.76. The summed E-state index contributed by atoms with van der Waals surface area (Å²) in [6.07, 6.45) is 0.746. The molecule has 0 bridgehead atoms. The number of hydrogen-bond donors (Lipinski definition) is 0. The van der Waals surface area contributed by atoms with E-state index >= 15 is 0 Å².